The van der Waals surface area contributed by atoms with Crippen LogP contribution in [0.5, 0.6) is 0 Å². The van der Waals surface area contributed by atoms with Crippen LogP contribution in [-0.4, -0.2) is 6.54 Å². The quantitative estimate of drug-likeness (QED) is 0.810. The fourth-order valence-corrected chi connectivity index (χ4v) is 2.09. The van der Waals surface area contributed by atoms with Crippen LogP contribution in [0.4, 0.5) is 5.69 Å². The van der Waals surface area contributed by atoms with E-state index in [0.717, 1.165) is 19.4 Å². The smallest absolute Gasteiger partial charge is 0.0621 e. The average Bonchev–Trinajstić information content (AvgIpc) is 2.34. The molecule has 1 aromatic rings. The van der Waals surface area contributed by atoms with E-state index in [-0.39, 0.29) is 5.41 Å². The first-order chi connectivity index (χ1) is 8.50. The van der Waals surface area contributed by atoms with E-state index >= 15 is 0 Å². The summed E-state index contributed by atoms with van der Waals surface area (Å²) in [5.41, 5.74) is 4.09. The second kappa shape index (κ2) is 6.44. The lowest BCUT2D eigenvalue weighted by atomic mass is 9.87. The molecule has 0 saturated heterocycles. The maximum absolute atomic E-state index is 8.67. The minimum absolute atomic E-state index is 0.156. The number of benzene rings is 1. The van der Waals surface area contributed by atoms with Gasteiger partial charge in [0, 0.05) is 18.7 Å². The minimum atomic E-state index is 0.156. The van der Waals surface area contributed by atoms with Crippen LogP contribution in [0.1, 0.15) is 44.7 Å². The van der Waals surface area contributed by atoms with E-state index in [1.54, 1.807) is 0 Å². The van der Waals surface area contributed by atoms with E-state index in [2.05, 4.69) is 57.3 Å². The molecule has 1 N–H and O–H groups in total. The molecule has 0 heterocycles. The number of rotatable bonds is 6. The van der Waals surface area contributed by atoms with E-state index in [0.29, 0.717) is 6.42 Å². The summed E-state index contributed by atoms with van der Waals surface area (Å²) in [6.45, 7) is 9.65. The zero-order chi connectivity index (χ0) is 13.6. The van der Waals surface area contributed by atoms with Gasteiger partial charge in [0.15, 0.2) is 0 Å². The Balaban J connectivity index is 2.71. The summed E-state index contributed by atoms with van der Waals surface area (Å²) in [7, 11) is 0. The standard InChI is InChI=1S/C16H24N2/c1-5-14-9-6-8-13(2)15(14)18-12-16(3,4)10-7-11-17/h6,8-9,18H,5,7,10,12H2,1-4H3. The number of nitriles is 1. The number of aryl methyl sites for hydroxylation is 2. The van der Waals surface area contributed by atoms with Crippen LogP contribution in [-0.2, 0) is 6.42 Å². The lowest BCUT2D eigenvalue weighted by molar-refractivity contribution is 0.363. The van der Waals surface area contributed by atoms with Gasteiger partial charge < -0.3 is 5.32 Å². The van der Waals surface area contributed by atoms with Crippen molar-refractivity contribution in [3.8, 4) is 6.07 Å². The molecule has 0 aliphatic heterocycles. The summed E-state index contributed by atoms with van der Waals surface area (Å²) in [5, 5.41) is 12.2. The third-order valence-electron chi connectivity index (χ3n) is 3.40. The maximum Gasteiger partial charge on any atom is 0.0621 e. The van der Waals surface area contributed by atoms with Gasteiger partial charge in [-0.1, -0.05) is 39.0 Å². The van der Waals surface area contributed by atoms with Crippen molar-refractivity contribution >= 4 is 5.69 Å². The summed E-state index contributed by atoms with van der Waals surface area (Å²) >= 11 is 0. The second-order valence-electron chi connectivity index (χ2n) is 5.64. The molecule has 2 heteroatoms. The zero-order valence-electron chi connectivity index (χ0n) is 12.0. The van der Waals surface area contributed by atoms with Crippen LogP contribution >= 0.6 is 0 Å². The van der Waals surface area contributed by atoms with Gasteiger partial charge in [0.2, 0.25) is 0 Å². The monoisotopic (exact) mass is 244 g/mol. The molecule has 0 bridgehead atoms. The average molecular weight is 244 g/mol. The molecule has 18 heavy (non-hydrogen) atoms. The minimum Gasteiger partial charge on any atom is -0.384 e. The number of nitrogens with one attached hydrogen (secondary N) is 1. The Morgan fingerprint density at radius 3 is 2.67 bits per heavy atom. The van der Waals surface area contributed by atoms with Crippen LogP contribution in [0.3, 0.4) is 0 Å². The van der Waals surface area contributed by atoms with Gasteiger partial charge in [-0.15, -0.1) is 0 Å². The lowest BCUT2D eigenvalue weighted by Crippen LogP contribution is -2.23. The van der Waals surface area contributed by atoms with Gasteiger partial charge in [-0.05, 0) is 36.3 Å². The Morgan fingerprint density at radius 2 is 2.06 bits per heavy atom. The Morgan fingerprint density at radius 1 is 1.33 bits per heavy atom. The highest BCUT2D eigenvalue weighted by molar-refractivity contribution is 5.57. The number of hydrogen-bond acceptors (Lipinski definition) is 2. The Kier molecular flexibility index (Phi) is 5.22. The van der Waals surface area contributed by atoms with Gasteiger partial charge in [-0.25, -0.2) is 0 Å². The van der Waals surface area contributed by atoms with Crippen molar-refractivity contribution in [3.63, 3.8) is 0 Å². The first kappa shape index (κ1) is 14.6. The molecular formula is C16H24N2. The third-order valence-corrected chi connectivity index (χ3v) is 3.40. The summed E-state index contributed by atoms with van der Waals surface area (Å²) < 4.78 is 0. The van der Waals surface area contributed by atoms with E-state index in [1.165, 1.54) is 16.8 Å². The molecule has 0 fully saturated rings. The van der Waals surface area contributed by atoms with Crippen molar-refractivity contribution in [2.24, 2.45) is 5.41 Å². The second-order valence-corrected chi connectivity index (χ2v) is 5.64. The first-order valence-electron chi connectivity index (χ1n) is 6.69. The maximum atomic E-state index is 8.67. The number of hydrogen-bond donors (Lipinski definition) is 1. The highest BCUT2D eigenvalue weighted by atomic mass is 14.9. The molecule has 0 atom stereocenters. The Labute approximate surface area is 111 Å². The molecule has 2 nitrogen and oxygen atoms in total. The van der Waals surface area contributed by atoms with Gasteiger partial charge in [0.1, 0.15) is 0 Å². The summed E-state index contributed by atoms with van der Waals surface area (Å²) in [6, 6.07) is 8.66. The van der Waals surface area contributed by atoms with Crippen molar-refractivity contribution < 1.29 is 0 Å². The van der Waals surface area contributed by atoms with Gasteiger partial charge >= 0.3 is 0 Å². The van der Waals surface area contributed by atoms with E-state index < -0.39 is 0 Å². The largest absolute Gasteiger partial charge is 0.384 e. The number of anilines is 1. The summed E-state index contributed by atoms with van der Waals surface area (Å²) in [6.07, 6.45) is 2.61. The molecule has 0 aliphatic rings. The third kappa shape index (κ3) is 4.07. The van der Waals surface area contributed by atoms with Crippen molar-refractivity contribution in [2.75, 3.05) is 11.9 Å². The van der Waals surface area contributed by atoms with Gasteiger partial charge in [0.25, 0.3) is 0 Å². The van der Waals surface area contributed by atoms with Crippen molar-refractivity contribution in [1.29, 1.82) is 5.26 Å². The first-order valence-corrected chi connectivity index (χ1v) is 6.69. The van der Waals surface area contributed by atoms with Gasteiger partial charge in [0.05, 0.1) is 6.07 Å². The van der Waals surface area contributed by atoms with Crippen LogP contribution in [0.2, 0.25) is 0 Å². The fraction of sp³-hybridized carbons (Fsp3) is 0.562. The topological polar surface area (TPSA) is 35.8 Å². The van der Waals surface area contributed by atoms with Crippen LogP contribution in [0.25, 0.3) is 0 Å². The predicted octanol–water partition coefficient (Wildman–Crippen LogP) is 4.30. The van der Waals surface area contributed by atoms with E-state index in [4.69, 9.17) is 5.26 Å². The van der Waals surface area contributed by atoms with E-state index in [9.17, 15) is 0 Å². The van der Waals surface area contributed by atoms with E-state index in [1.807, 2.05) is 0 Å². The fourth-order valence-electron chi connectivity index (χ4n) is 2.09. The highest BCUT2D eigenvalue weighted by Crippen LogP contribution is 2.26. The summed E-state index contributed by atoms with van der Waals surface area (Å²) in [5.74, 6) is 0. The van der Waals surface area contributed by atoms with Crippen LogP contribution in [0.15, 0.2) is 18.2 Å². The zero-order valence-corrected chi connectivity index (χ0v) is 12.0. The van der Waals surface area contributed by atoms with Gasteiger partial charge in [-0.3, -0.25) is 0 Å². The van der Waals surface area contributed by atoms with Crippen molar-refractivity contribution in [2.45, 2.75) is 47.0 Å². The van der Waals surface area contributed by atoms with Gasteiger partial charge in [-0.2, -0.15) is 5.26 Å². The lowest BCUT2D eigenvalue weighted by Gasteiger charge is -2.26. The molecule has 0 amide bonds. The molecular weight excluding hydrogens is 220 g/mol. The number of para-hydroxylation sites is 1. The molecule has 0 unspecified atom stereocenters. The molecule has 1 aromatic carbocycles. The Hall–Kier alpha value is -1.49. The summed E-state index contributed by atoms with van der Waals surface area (Å²) in [4.78, 5) is 0. The van der Waals surface area contributed by atoms with Crippen LogP contribution in [0, 0.1) is 23.7 Å². The number of nitrogens with zero attached hydrogens (tertiary/aromatic N) is 1. The molecule has 0 radical (unpaired) electrons. The molecule has 0 spiro atoms. The van der Waals surface area contributed by atoms with Crippen LogP contribution < -0.4 is 5.32 Å². The SMILES string of the molecule is CCc1cccc(C)c1NCC(C)(C)CCC#N. The highest BCUT2D eigenvalue weighted by Gasteiger charge is 2.18. The predicted molar refractivity (Wildman–Crippen MR) is 77.7 cm³/mol. The molecule has 0 saturated carbocycles. The van der Waals surface area contributed by atoms with Crippen molar-refractivity contribution in [1.82, 2.24) is 0 Å². The normalized spacial score (nSPS) is 11.1. The Bertz CT molecular complexity index is 427. The molecule has 0 aromatic heterocycles. The van der Waals surface area contributed by atoms with Crippen molar-refractivity contribution in [3.05, 3.63) is 29.3 Å². The molecule has 98 valence electrons. The molecule has 0 aliphatic carbocycles. The molecule has 1 rings (SSSR count).